The first kappa shape index (κ1) is 14.8. The molecular formula is C15H29N3O. The van der Waals surface area contributed by atoms with Crippen LogP contribution in [0.5, 0.6) is 0 Å². The smallest absolute Gasteiger partial charge is 0.234 e. The summed E-state index contributed by atoms with van der Waals surface area (Å²) in [5.41, 5.74) is 0.412. The summed E-state index contributed by atoms with van der Waals surface area (Å²) >= 11 is 0. The fraction of sp³-hybridized carbons (Fsp3) is 0.933. The quantitative estimate of drug-likeness (QED) is 0.808. The van der Waals surface area contributed by atoms with Crippen LogP contribution >= 0.6 is 0 Å². The molecule has 0 unspecified atom stereocenters. The Balaban J connectivity index is 1.80. The van der Waals surface area contributed by atoms with Crippen LogP contribution in [-0.4, -0.2) is 49.1 Å². The average molecular weight is 267 g/mol. The summed E-state index contributed by atoms with van der Waals surface area (Å²) in [5.74, 6) is 0.179. The highest BCUT2D eigenvalue weighted by atomic mass is 16.2. The van der Waals surface area contributed by atoms with Crippen molar-refractivity contribution in [3.63, 3.8) is 0 Å². The first-order chi connectivity index (χ1) is 8.95. The van der Waals surface area contributed by atoms with Crippen LogP contribution in [0.4, 0.5) is 0 Å². The van der Waals surface area contributed by atoms with Crippen LogP contribution in [0.2, 0.25) is 0 Å². The molecule has 4 nitrogen and oxygen atoms in total. The van der Waals surface area contributed by atoms with E-state index >= 15 is 0 Å². The van der Waals surface area contributed by atoms with E-state index in [0.717, 1.165) is 32.6 Å². The van der Waals surface area contributed by atoms with Crippen LogP contribution < -0.4 is 10.6 Å². The van der Waals surface area contributed by atoms with Crippen molar-refractivity contribution >= 4 is 5.91 Å². The number of likely N-dealkylation sites (tertiary alicyclic amines) is 1. The van der Waals surface area contributed by atoms with Gasteiger partial charge in [0.1, 0.15) is 0 Å². The van der Waals surface area contributed by atoms with Crippen molar-refractivity contribution in [3.8, 4) is 0 Å². The molecule has 2 saturated heterocycles. The maximum Gasteiger partial charge on any atom is 0.234 e. The third kappa shape index (κ3) is 3.93. The third-order valence-corrected chi connectivity index (χ3v) is 4.91. The molecular weight excluding hydrogens is 238 g/mol. The summed E-state index contributed by atoms with van der Waals surface area (Å²) in [6.07, 6.45) is 4.77. The van der Waals surface area contributed by atoms with Gasteiger partial charge in [-0.25, -0.2) is 0 Å². The van der Waals surface area contributed by atoms with Gasteiger partial charge in [0, 0.05) is 12.1 Å². The van der Waals surface area contributed by atoms with E-state index in [-0.39, 0.29) is 11.4 Å². The Morgan fingerprint density at radius 1 is 1.32 bits per heavy atom. The lowest BCUT2D eigenvalue weighted by Gasteiger charge is -2.34. The molecule has 0 aromatic heterocycles. The van der Waals surface area contributed by atoms with E-state index in [2.05, 4.69) is 36.3 Å². The van der Waals surface area contributed by atoms with Gasteiger partial charge in [-0.05, 0) is 64.6 Å². The molecule has 4 heteroatoms. The maximum absolute atomic E-state index is 12.1. The Labute approximate surface area is 117 Å². The van der Waals surface area contributed by atoms with Gasteiger partial charge in [-0.3, -0.25) is 9.69 Å². The van der Waals surface area contributed by atoms with Gasteiger partial charge in [-0.2, -0.15) is 0 Å². The topological polar surface area (TPSA) is 44.4 Å². The second-order valence-electron chi connectivity index (χ2n) is 7.00. The van der Waals surface area contributed by atoms with Crippen molar-refractivity contribution in [2.75, 3.05) is 32.7 Å². The molecule has 0 bridgehead atoms. The Bertz CT molecular complexity index is 321. The van der Waals surface area contributed by atoms with E-state index in [9.17, 15) is 4.79 Å². The van der Waals surface area contributed by atoms with Gasteiger partial charge >= 0.3 is 0 Å². The standard InChI is InChI=1S/C15H29N3O/c1-4-14(2,3)17-13(19)11-18-10-7-15(12-18)5-8-16-9-6-15/h16H,4-12H2,1-3H3,(H,17,19). The number of nitrogens with one attached hydrogen (secondary N) is 2. The minimum atomic E-state index is -0.0801. The zero-order valence-corrected chi connectivity index (χ0v) is 12.7. The molecule has 0 atom stereocenters. The maximum atomic E-state index is 12.1. The lowest BCUT2D eigenvalue weighted by molar-refractivity contribution is -0.123. The number of carbonyl (C=O) groups excluding carboxylic acids is 1. The summed E-state index contributed by atoms with van der Waals surface area (Å²) in [6.45, 7) is 11.3. The molecule has 0 aliphatic carbocycles. The Kier molecular flexibility index (Phi) is 4.51. The molecule has 1 spiro atoms. The first-order valence-electron chi connectivity index (χ1n) is 7.69. The normalized spacial score (nSPS) is 23.7. The van der Waals surface area contributed by atoms with Crippen LogP contribution in [0, 0.1) is 5.41 Å². The van der Waals surface area contributed by atoms with Crippen LogP contribution in [0.15, 0.2) is 0 Å². The van der Waals surface area contributed by atoms with E-state index in [4.69, 9.17) is 0 Å². The van der Waals surface area contributed by atoms with E-state index in [1.165, 1.54) is 19.3 Å². The highest BCUT2D eigenvalue weighted by Gasteiger charge is 2.39. The molecule has 2 N–H and O–H groups in total. The number of hydrogen-bond acceptors (Lipinski definition) is 3. The number of rotatable bonds is 4. The fourth-order valence-electron chi connectivity index (χ4n) is 3.24. The third-order valence-electron chi connectivity index (χ3n) is 4.91. The summed E-state index contributed by atoms with van der Waals surface area (Å²) < 4.78 is 0. The fourth-order valence-corrected chi connectivity index (χ4v) is 3.24. The number of nitrogens with zero attached hydrogens (tertiary/aromatic N) is 1. The SMILES string of the molecule is CCC(C)(C)NC(=O)CN1CCC2(CCNCC2)C1. The number of amides is 1. The number of piperidine rings is 1. The summed E-state index contributed by atoms with van der Waals surface area (Å²) in [7, 11) is 0. The summed E-state index contributed by atoms with van der Waals surface area (Å²) in [4.78, 5) is 14.4. The summed E-state index contributed by atoms with van der Waals surface area (Å²) in [6, 6.07) is 0. The largest absolute Gasteiger partial charge is 0.350 e. The van der Waals surface area contributed by atoms with Crippen molar-refractivity contribution in [2.24, 2.45) is 5.41 Å². The molecule has 2 aliphatic rings. The lowest BCUT2D eigenvalue weighted by atomic mass is 9.78. The van der Waals surface area contributed by atoms with Crippen LogP contribution in [0.25, 0.3) is 0 Å². The molecule has 0 aromatic rings. The van der Waals surface area contributed by atoms with Gasteiger partial charge < -0.3 is 10.6 Å². The highest BCUT2D eigenvalue weighted by molar-refractivity contribution is 5.78. The van der Waals surface area contributed by atoms with Crippen molar-refractivity contribution in [2.45, 2.75) is 52.0 Å². The van der Waals surface area contributed by atoms with Gasteiger partial charge in [-0.1, -0.05) is 6.92 Å². The van der Waals surface area contributed by atoms with Crippen LogP contribution in [-0.2, 0) is 4.79 Å². The predicted octanol–water partition coefficient (Wildman–Crippen LogP) is 1.37. The number of hydrogen-bond donors (Lipinski definition) is 2. The number of carbonyl (C=O) groups is 1. The molecule has 19 heavy (non-hydrogen) atoms. The molecule has 2 aliphatic heterocycles. The lowest BCUT2D eigenvalue weighted by Crippen LogP contribution is -2.47. The van der Waals surface area contributed by atoms with Gasteiger partial charge in [0.25, 0.3) is 0 Å². The molecule has 2 heterocycles. The first-order valence-corrected chi connectivity index (χ1v) is 7.69. The van der Waals surface area contributed by atoms with Crippen molar-refractivity contribution < 1.29 is 4.79 Å². The monoisotopic (exact) mass is 267 g/mol. The molecule has 0 radical (unpaired) electrons. The average Bonchev–Trinajstić information content (AvgIpc) is 2.72. The molecule has 0 saturated carbocycles. The van der Waals surface area contributed by atoms with Gasteiger partial charge in [0.15, 0.2) is 0 Å². The van der Waals surface area contributed by atoms with Crippen molar-refractivity contribution in [3.05, 3.63) is 0 Å². The minimum Gasteiger partial charge on any atom is -0.350 e. The molecule has 110 valence electrons. The van der Waals surface area contributed by atoms with Crippen LogP contribution in [0.3, 0.4) is 0 Å². The van der Waals surface area contributed by atoms with E-state index in [1.54, 1.807) is 0 Å². The molecule has 1 amide bonds. The Hall–Kier alpha value is -0.610. The Morgan fingerprint density at radius 2 is 2.00 bits per heavy atom. The molecule has 2 fully saturated rings. The van der Waals surface area contributed by atoms with Crippen molar-refractivity contribution in [1.82, 2.24) is 15.5 Å². The van der Waals surface area contributed by atoms with E-state index in [1.807, 2.05) is 0 Å². The van der Waals surface area contributed by atoms with Crippen molar-refractivity contribution in [1.29, 1.82) is 0 Å². The van der Waals surface area contributed by atoms with Gasteiger partial charge in [-0.15, -0.1) is 0 Å². The predicted molar refractivity (Wildman–Crippen MR) is 78.1 cm³/mol. The second kappa shape index (κ2) is 5.80. The van der Waals surface area contributed by atoms with Gasteiger partial charge in [0.05, 0.1) is 6.54 Å². The molecule has 0 aromatic carbocycles. The molecule has 2 rings (SSSR count). The zero-order valence-electron chi connectivity index (χ0n) is 12.7. The van der Waals surface area contributed by atoms with E-state index in [0.29, 0.717) is 12.0 Å². The minimum absolute atomic E-state index is 0.0801. The van der Waals surface area contributed by atoms with Gasteiger partial charge in [0.2, 0.25) is 5.91 Å². The Morgan fingerprint density at radius 3 is 2.63 bits per heavy atom. The van der Waals surface area contributed by atoms with E-state index < -0.39 is 0 Å². The highest BCUT2D eigenvalue weighted by Crippen LogP contribution is 2.38. The van der Waals surface area contributed by atoms with Crippen LogP contribution in [0.1, 0.15) is 46.5 Å². The zero-order chi connectivity index (χ0) is 13.9. The second-order valence-corrected chi connectivity index (χ2v) is 7.00. The summed E-state index contributed by atoms with van der Waals surface area (Å²) in [5, 5.41) is 6.56.